The number of carbonyl (C=O) groups is 1. The zero-order valence-corrected chi connectivity index (χ0v) is 16.9. The molecule has 1 N–H and O–H groups in total. The number of ether oxygens (including phenoxy) is 1. The lowest BCUT2D eigenvalue weighted by molar-refractivity contribution is -0.138. The van der Waals surface area contributed by atoms with Gasteiger partial charge in [-0.25, -0.2) is 0 Å². The van der Waals surface area contributed by atoms with E-state index in [4.69, 9.17) is 4.74 Å². The first-order chi connectivity index (χ1) is 12.2. The van der Waals surface area contributed by atoms with Crippen LogP contribution in [0.3, 0.4) is 0 Å². The van der Waals surface area contributed by atoms with Crippen LogP contribution in [0.4, 0.5) is 0 Å². The summed E-state index contributed by atoms with van der Waals surface area (Å²) in [5.41, 5.74) is 0.818. The maximum absolute atomic E-state index is 13.5. The van der Waals surface area contributed by atoms with Crippen molar-refractivity contribution >= 4 is 18.3 Å². The number of piperidine rings is 1. The van der Waals surface area contributed by atoms with Crippen LogP contribution in [0.2, 0.25) is 0 Å². The van der Waals surface area contributed by atoms with Gasteiger partial charge in [0.05, 0.1) is 12.5 Å². The van der Waals surface area contributed by atoms with Crippen LogP contribution in [-0.2, 0) is 10.2 Å². The largest absolute Gasteiger partial charge is 0.497 e. The van der Waals surface area contributed by atoms with Gasteiger partial charge in [0.2, 0.25) is 5.91 Å². The molecular weight excluding hydrogens is 348 g/mol. The molecule has 2 fully saturated rings. The summed E-state index contributed by atoms with van der Waals surface area (Å²) in [5.74, 6) is 1.96. The van der Waals surface area contributed by atoms with Gasteiger partial charge in [0.15, 0.2) is 0 Å². The van der Waals surface area contributed by atoms with Gasteiger partial charge in [0.1, 0.15) is 5.75 Å². The van der Waals surface area contributed by atoms with Crippen molar-refractivity contribution in [1.29, 1.82) is 0 Å². The van der Waals surface area contributed by atoms with Gasteiger partial charge in [-0.2, -0.15) is 0 Å². The van der Waals surface area contributed by atoms with Gasteiger partial charge >= 0.3 is 0 Å². The van der Waals surface area contributed by atoms with Crippen LogP contribution in [0, 0.1) is 5.92 Å². The summed E-state index contributed by atoms with van der Waals surface area (Å²) >= 11 is 0. The zero-order chi connectivity index (χ0) is 17.7. The first-order valence-electron chi connectivity index (χ1n) is 9.78. The zero-order valence-electron chi connectivity index (χ0n) is 16.1. The number of likely N-dealkylation sites (tertiary alicyclic amines) is 1. The summed E-state index contributed by atoms with van der Waals surface area (Å²) in [6.07, 6.45) is 7.73. The predicted octanol–water partition coefficient (Wildman–Crippen LogP) is 3.78. The van der Waals surface area contributed by atoms with E-state index in [0.29, 0.717) is 5.91 Å². The predicted molar refractivity (Wildman–Crippen MR) is 108 cm³/mol. The summed E-state index contributed by atoms with van der Waals surface area (Å²) < 4.78 is 5.41. The fourth-order valence-electron chi connectivity index (χ4n) is 4.60. The second-order valence-corrected chi connectivity index (χ2v) is 7.65. The van der Waals surface area contributed by atoms with Gasteiger partial charge in [0, 0.05) is 13.1 Å². The SMILES string of the molecule is CNCCC1CCN(C(=O)C2(c3cccc(OC)c3)CCCC2)CC1.Cl. The molecular formula is C21H33ClN2O2. The fourth-order valence-corrected chi connectivity index (χ4v) is 4.60. The molecule has 2 aliphatic rings. The molecule has 1 aliphatic carbocycles. The van der Waals surface area contributed by atoms with E-state index in [1.54, 1.807) is 7.11 Å². The maximum atomic E-state index is 13.5. The van der Waals surface area contributed by atoms with Crippen molar-refractivity contribution in [2.75, 3.05) is 33.8 Å². The van der Waals surface area contributed by atoms with Crippen molar-refractivity contribution in [1.82, 2.24) is 10.2 Å². The highest BCUT2D eigenvalue weighted by Crippen LogP contribution is 2.44. The number of rotatable bonds is 6. The summed E-state index contributed by atoms with van der Waals surface area (Å²) in [6, 6.07) is 8.17. The Hall–Kier alpha value is -1.26. The lowest BCUT2D eigenvalue weighted by atomic mass is 9.76. The van der Waals surface area contributed by atoms with Crippen LogP contribution >= 0.6 is 12.4 Å². The molecule has 1 saturated carbocycles. The first-order valence-corrected chi connectivity index (χ1v) is 9.78. The number of carbonyl (C=O) groups excluding carboxylic acids is 1. The molecule has 0 radical (unpaired) electrons. The summed E-state index contributed by atoms with van der Waals surface area (Å²) in [7, 11) is 3.70. The average Bonchev–Trinajstić information content (AvgIpc) is 3.17. The van der Waals surface area contributed by atoms with Crippen molar-refractivity contribution in [3.05, 3.63) is 29.8 Å². The van der Waals surface area contributed by atoms with E-state index in [9.17, 15) is 4.79 Å². The molecule has 146 valence electrons. The maximum Gasteiger partial charge on any atom is 0.233 e. The Balaban J connectivity index is 0.00000243. The van der Waals surface area contributed by atoms with Crippen molar-refractivity contribution < 1.29 is 9.53 Å². The molecule has 5 heteroatoms. The molecule has 1 aromatic carbocycles. The molecule has 0 spiro atoms. The van der Waals surface area contributed by atoms with E-state index >= 15 is 0 Å². The second-order valence-electron chi connectivity index (χ2n) is 7.65. The van der Waals surface area contributed by atoms with Crippen molar-refractivity contribution in [2.24, 2.45) is 5.92 Å². The van der Waals surface area contributed by atoms with Crippen molar-refractivity contribution in [2.45, 2.75) is 50.4 Å². The Kier molecular flexibility index (Phi) is 7.78. The molecule has 1 amide bonds. The van der Waals surface area contributed by atoms with Gasteiger partial charge in [-0.05, 0) is 69.3 Å². The summed E-state index contributed by atoms with van der Waals surface area (Å²) in [5, 5.41) is 3.24. The fraction of sp³-hybridized carbons (Fsp3) is 0.667. The number of methoxy groups -OCH3 is 1. The number of amides is 1. The monoisotopic (exact) mass is 380 g/mol. The Labute approximate surface area is 164 Å². The Bertz CT molecular complexity index is 579. The molecule has 1 aliphatic heterocycles. The minimum atomic E-state index is -0.327. The normalized spacial score (nSPS) is 19.8. The van der Waals surface area contributed by atoms with Crippen LogP contribution in [0.25, 0.3) is 0 Å². The molecule has 3 rings (SSSR count). The molecule has 26 heavy (non-hydrogen) atoms. The highest BCUT2D eigenvalue weighted by Gasteiger charge is 2.45. The number of nitrogens with one attached hydrogen (secondary N) is 1. The van der Waals surface area contributed by atoms with Gasteiger partial charge in [0.25, 0.3) is 0 Å². The third-order valence-electron chi connectivity index (χ3n) is 6.19. The Morgan fingerprint density at radius 1 is 1.27 bits per heavy atom. The van der Waals surface area contributed by atoms with E-state index in [1.807, 2.05) is 19.2 Å². The third-order valence-corrected chi connectivity index (χ3v) is 6.19. The third kappa shape index (κ3) is 4.34. The van der Waals surface area contributed by atoms with Gasteiger partial charge < -0.3 is 15.0 Å². The molecule has 0 aromatic heterocycles. The summed E-state index contributed by atoms with van der Waals surface area (Å²) in [6.45, 7) is 2.91. The summed E-state index contributed by atoms with van der Waals surface area (Å²) in [4.78, 5) is 15.7. The van der Waals surface area contributed by atoms with E-state index < -0.39 is 0 Å². The van der Waals surface area contributed by atoms with Gasteiger partial charge in [-0.1, -0.05) is 25.0 Å². The minimum Gasteiger partial charge on any atom is -0.497 e. The van der Waals surface area contributed by atoms with E-state index in [0.717, 1.165) is 75.4 Å². The number of benzene rings is 1. The van der Waals surface area contributed by atoms with Crippen LogP contribution in [0.1, 0.15) is 50.5 Å². The number of nitrogens with zero attached hydrogens (tertiary/aromatic N) is 1. The van der Waals surface area contributed by atoms with Gasteiger partial charge in [-0.3, -0.25) is 4.79 Å². The highest BCUT2D eigenvalue weighted by atomic mass is 35.5. The smallest absolute Gasteiger partial charge is 0.233 e. The molecule has 4 nitrogen and oxygen atoms in total. The highest BCUT2D eigenvalue weighted by molar-refractivity contribution is 5.89. The minimum absolute atomic E-state index is 0. The quantitative estimate of drug-likeness (QED) is 0.816. The van der Waals surface area contributed by atoms with Gasteiger partial charge in [-0.15, -0.1) is 12.4 Å². The van der Waals surface area contributed by atoms with E-state index in [2.05, 4.69) is 22.3 Å². The van der Waals surface area contributed by atoms with Crippen LogP contribution < -0.4 is 10.1 Å². The van der Waals surface area contributed by atoms with Crippen LogP contribution in [-0.4, -0.2) is 44.6 Å². The van der Waals surface area contributed by atoms with Crippen molar-refractivity contribution in [3.63, 3.8) is 0 Å². The number of hydrogen-bond donors (Lipinski definition) is 1. The lowest BCUT2D eigenvalue weighted by Crippen LogP contribution is -2.48. The standard InChI is InChI=1S/C21H32N2O2.ClH/c1-22-13-8-17-9-14-23(15-10-17)20(24)21(11-3-4-12-21)18-6-5-7-19(16-18)25-2;/h5-7,16-17,22H,3-4,8-15H2,1-2H3;1H. The van der Waals surface area contributed by atoms with E-state index in [-0.39, 0.29) is 17.8 Å². The molecule has 1 heterocycles. The lowest BCUT2D eigenvalue weighted by Gasteiger charge is -2.39. The second kappa shape index (κ2) is 9.61. The van der Waals surface area contributed by atoms with Crippen molar-refractivity contribution in [3.8, 4) is 5.75 Å². The molecule has 1 saturated heterocycles. The molecule has 0 atom stereocenters. The Morgan fingerprint density at radius 3 is 2.58 bits per heavy atom. The average molecular weight is 381 g/mol. The Morgan fingerprint density at radius 2 is 1.96 bits per heavy atom. The van der Waals surface area contributed by atoms with Crippen LogP contribution in [0.5, 0.6) is 5.75 Å². The number of halogens is 1. The molecule has 1 aromatic rings. The van der Waals surface area contributed by atoms with Crippen LogP contribution in [0.15, 0.2) is 24.3 Å². The molecule has 0 bridgehead atoms. The topological polar surface area (TPSA) is 41.6 Å². The number of hydrogen-bond acceptors (Lipinski definition) is 3. The molecule has 0 unspecified atom stereocenters. The van der Waals surface area contributed by atoms with E-state index in [1.165, 1.54) is 6.42 Å². The first kappa shape index (κ1) is 21.0.